The van der Waals surface area contributed by atoms with Crippen molar-refractivity contribution in [3.05, 3.63) is 29.8 Å². The summed E-state index contributed by atoms with van der Waals surface area (Å²) in [6.45, 7) is 3.61. The molecular formula is C19H23NO7. The number of hydrogen-bond acceptors (Lipinski definition) is 7. The molecule has 1 N–H and O–H groups in total. The number of carboxylic acid groups (broad SMARTS) is 1. The highest BCUT2D eigenvalue weighted by atomic mass is 16.7. The largest absolute Gasteiger partial charge is 0.473 e. The van der Waals surface area contributed by atoms with Crippen LogP contribution in [-0.2, 0) is 19.1 Å². The number of carbonyl (C=O) groups is 2. The number of ether oxygens (including phenoxy) is 4. The Hall–Kier alpha value is -2.58. The smallest absolute Gasteiger partial charge is 0.417 e. The van der Waals surface area contributed by atoms with Crippen LogP contribution in [0.5, 0.6) is 11.5 Å². The number of carboxylic acids is 1. The van der Waals surface area contributed by atoms with Crippen molar-refractivity contribution in [3.63, 3.8) is 0 Å². The van der Waals surface area contributed by atoms with Gasteiger partial charge in [0.05, 0.1) is 6.61 Å². The van der Waals surface area contributed by atoms with Crippen LogP contribution in [0.15, 0.2) is 24.3 Å². The van der Waals surface area contributed by atoms with Gasteiger partial charge < -0.3 is 24.1 Å². The third-order valence-electron chi connectivity index (χ3n) is 4.36. The summed E-state index contributed by atoms with van der Waals surface area (Å²) in [5.41, 5.74) is 1.03. The maximum Gasteiger partial charge on any atom is 0.417 e. The van der Waals surface area contributed by atoms with E-state index in [4.69, 9.17) is 24.1 Å². The summed E-state index contributed by atoms with van der Waals surface area (Å²) in [6, 6.07) is 5.78. The Morgan fingerprint density at radius 3 is 3.00 bits per heavy atom. The van der Waals surface area contributed by atoms with Crippen molar-refractivity contribution in [1.29, 1.82) is 0 Å². The van der Waals surface area contributed by atoms with E-state index < -0.39 is 11.9 Å². The number of fused-ring (bicyclic) bond motifs is 1. The molecule has 2 aliphatic heterocycles. The standard InChI is InChI=1S/C19H23NO7/c21-18(22)19(23)27-15-6-8-20(12-15)7-2-10-24-9-1-3-14-4-5-16-17(11-14)26-13-25-16/h1,3-5,11,15H,2,6-10,12-13H2,(H,21,22)/b3-1+. The minimum Gasteiger partial charge on any atom is -0.473 e. The molecule has 0 spiro atoms. The van der Waals surface area contributed by atoms with E-state index in [2.05, 4.69) is 4.90 Å². The lowest BCUT2D eigenvalue weighted by atomic mass is 10.2. The molecule has 2 heterocycles. The summed E-state index contributed by atoms with van der Waals surface area (Å²) >= 11 is 0. The lowest BCUT2D eigenvalue weighted by Gasteiger charge is -2.15. The van der Waals surface area contributed by atoms with Gasteiger partial charge in [-0.25, -0.2) is 9.59 Å². The highest BCUT2D eigenvalue weighted by molar-refractivity contribution is 6.28. The second-order valence-corrected chi connectivity index (χ2v) is 6.37. The number of benzene rings is 1. The number of aliphatic carboxylic acids is 1. The molecule has 0 bridgehead atoms. The molecule has 1 atom stereocenters. The lowest BCUT2D eigenvalue weighted by molar-refractivity contribution is -0.167. The van der Waals surface area contributed by atoms with Crippen LogP contribution >= 0.6 is 0 Å². The van der Waals surface area contributed by atoms with Crippen molar-refractivity contribution in [2.24, 2.45) is 0 Å². The van der Waals surface area contributed by atoms with E-state index in [0.29, 0.717) is 26.2 Å². The Labute approximate surface area is 157 Å². The van der Waals surface area contributed by atoms with E-state index in [1.165, 1.54) is 0 Å². The SMILES string of the molecule is O=C(O)C(=O)OC1CCN(CCCOC/C=C/c2ccc3c(c2)OCO3)C1. The minimum atomic E-state index is -1.55. The average molecular weight is 377 g/mol. The first-order chi connectivity index (χ1) is 13.1. The number of hydrogen-bond donors (Lipinski definition) is 1. The topological polar surface area (TPSA) is 94.5 Å². The van der Waals surface area contributed by atoms with Crippen LogP contribution in [0.4, 0.5) is 0 Å². The fourth-order valence-electron chi connectivity index (χ4n) is 3.04. The minimum absolute atomic E-state index is 0.269. The summed E-state index contributed by atoms with van der Waals surface area (Å²) in [6.07, 6.45) is 5.12. The number of esters is 1. The molecule has 8 nitrogen and oxygen atoms in total. The van der Waals surface area contributed by atoms with Crippen LogP contribution in [0, 0.1) is 0 Å². The van der Waals surface area contributed by atoms with Crippen LogP contribution in [-0.4, -0.2) is 67.7 Å². The molecule has 0 aliphatic carbocycles. The zero-order valence-electron chi connectivity index (χ0n) is 15.0. The van der Waals surface area contributed by atoms with Crippen molar-refractivity contribution in [1.82, 2.24) is 4.90 Å². The molecule has 146 valence electrons. The fraction of sp³-hybridized carbons (Fsp3) is 0.474. The molecule has 1 aromatic rings. The summed E-state index contributed by atoms with van der Waals surface area (Å²) in [4.78, 5) is 23.7. The van der Waals surface area contributed by atoms with Gasteiger partial charge in [0, 0.05) is 26.2 Å². The number of carbonyl (C=O) groups excluding carboxylic acids is 1. The third kappa shape index (κ3) is 5.70. The number of nitrogens with zero attached hydrogens (tertiary/aromatic N) is 1. The lowest BCUT2D eigenvalue weighted by Crippen LogP contribution is -2.28. The van der Waals surface area contributed by atoms with Gasteiger partial charge in [0.2, 0.25) is 6.79 Å². The van der Waals surface area contributed by atoms with Gasteiger partial charge in [-0.1, -0.05) is 18.2 Å². The van der Waals surface area contributed by atoms with Crippen LogP contribution in [0.25, 0.3) is 6.08 Å². The van der Waals surface area contributed by atoms with Crippen molar-refractivity contribution in [2.75, 3.05) is 39.6 Å². The van der Waals surface area contributed by atoms with E-state index in [0.717, 1.165) is 36.6 Å². The van der Waals surface area contributed by atoms with Gasteiger partial charge in [-0.2, -0.15) is 0 Å². The van der Waals surface area contributed by atoms with Gasteiger partial charge in [0.1, 0.15) is 6.10 Å². The van der Waals surface area contributed by atoms with Gasteiger partial charge in [0.25, 0.3) is 0 Å². The molecule has 8 heteroatoms. The predicted octanol–water partition coefficient (Wildman–Crippen LogP) is 1.54. The maximum absolute atomic E-state index is 11.0. The first-order valence-electron chi connectivity index (χ1n) is 8.92. The molecule has 1 fully saturated rings. The Morgan fingerprint density at radius 1 is 1.30 bits per heavy atom. The number of likely N-dealkylation sites (tertiary alicyclic amines) is 1. The molecule has 0 aromatic heterocycles. The number of rotatable bonds is 8. The normalized spacial score (nSPS) is 18.9. The van der Waals surface area contributed by atoms with Crippen molar-refractivity contribution < 1.29 is 33.6 Å². The van der Waals surface area contributed by atoms with Gasteiger partial charge in [-0.05, 0) is 30.5 Å². The highest BCUT2D eigenvalue weighted by Crippen LogP contribution is 2.32. The molecular weight excluding hydrogens is 354 g/mol. The maximum atomic E-state index is 11.0. The van der Waals surface area contributed by atoms with Gasteiger partial charge >= 0.3 is 11.9 Å². The van der Waals surface area contributed by atoms with Crippen LogP contribution in [0.2, 0.25) is 0 Å². The molecule has 2 aliphatic rings. The molecule has 27 heavy (non-hydrogen) atoms. The van der Waals surface area contributed by atoms with E-state index >= 15 is 0 Å². The Bertz CT molecular complexity index is 703. The molecule has 0 radical (unpaired) electrons. The quantitative estimate of drug-likeness (QED) is 0.414. The zero-order valence-corrected chi connectivity index (χ0v) is 15.0. The summed E-state index contributed by atoms with van der Waals surface area (Å²) in [7, 11) is 0. The van der Waals surface area contributed by atoms with Crippen LogP contribution < -0.4 is 9.47 Å². The van der Waals surface area contributed by atoms with Crippen LogP contribution in [0.3, 0.4) is 0 Å². The average Bonchev–Trinajstić information content (AvgIpc) is 3.29. The van der Waals surface area contributed by atoms with Crippen LogP contribution in [0.1, 0.15) is 18.4 Å². The molecule has 0 saturated carbocycles. The summed E-state index contributed by atoms with van der Waals surface area (Å²) < 4.78 is 21.1. The summed E-state index contributed by atoms with van der Waals surface area (Å²) in [5.74, 6) is -1.20. The first-order valence-corrected chi connectivity index (χ1v) is 8.92. The summed E-state index contributed by atoms with van der Waals surface area (Å²) in [5, 5.41) is 8.54. The van der Waals surface area contributed by atoms with E-state index in [-0.39, 0.29) is 12.9 Å². The second kappa shape index (κ2) is 9.38. The molecule has 1 aromatic carbocycles. The zero-order chi connectivity index (χ0) is 19.1. The first kappa shape index (κ1) is 19.2. The van der Waals surface area contributed by atoms with Crippen molar-refractivity contribution >= 4 is 18.0 Å². The van der Waals surface area contributed by atoms with Gasteiger partial charge in [-0.15, -0.1) is 0 Å². The van der Waals surface area contributed by atoms with Gasteiger partial charge in [-0.3, -0.25) is 4.90 Å². The molecule has 3 rings (SSSR count). The molecule has 1 saturated heterocycles. The van der Waals surface area contributed by atoms with Crippen molar-refractivity contribution in [2.45, 2.75) is 18.9 Å². The Kier molecular flexibility index (Phi) is 6.67. The third-order valence-corrected chi connectivity index (χ3v) is 4.36. The highest BCUT2D eigenvalue weighted by Gasteiger charge is 2.27. The van der Waals surface area contributed by atoms with Crippen molar-refractivity contribution in [3.8, 4) is 11.5 Å². The van der Waals surface area contributed by atoms with E-state index in [1.807, 2.05) is 30.4 Å². The monoisotopic (exact) mass is 377 g/mol. The van der Waals surface area contributed by atoms with E-state index in [1.54, 1.807) is 0 Å². The molecule has 1 unspecified atom stereocenters. The second-order valence-electron chi connectivity index (χ2n) is 6.37. The predicted molar refractivity (Wildman–Crippen MR) is 95.6 cm³/mol. The fourth-order valence-corrected chi connectivity index (χ4v) is 3.04. The molecule has 0 amide bonds. The Morgan fingerprint density at radius 2 is 2.15 bits per heavy atom. The van der Waals surface area contributed by atoms with E-state index in [9.17, 15) is 9.59 Å². The van der Waals surface area contributed by atoms with Gasteiger partial charge in [0.15, 0.2) is 11.5 Å². The Balaban J connectivity index is 1.26.